The number of amides is 1. The van der Waals surface area contributed by atoms with Crippen molar-refractivity contribution in [2.24, 2.45) is 0 Å². The molecule has 6 heteroatoms. The van der Waals surface area contributed by atoms with Gasteiger partial charge in [0.1, 0.15) is 29.9 Å². The van der Waals surface area contributed by atoms with Gasteiger partial charge in [0, 0.05) is 18.7 Å². The molecule has 0 aliphatic carbocycles. The number of hydrogen-bond acceptors (Lipinski definition) is 4. The number of rotatable bonds is 2. The van der Waals surface area contributed by atoms with Crippen LogP contribution >= 0.6 is 0 Å². The van der Waals surface area contributed by atoms with Crippen LogP contribution < -0.4 is 4.74 Å². The summed E-state index contributed by atoms with van der Waals surface area (Å²) in [7, 11) is 0. The number of piperidine rings is 1. The Kier molecular flexibility index (Phi) is 3.75. The van der Waals surface area contributed by atoms with Crippen molar-refractivity contribution in [1.82, 2.24) is 19.7 Å². The van der Waals surface area contributed by atoms with Crippen molar-refractivity contribution in [3.63, 3.8) is 0 Å². The number of carbonyl (C=O) groups excluding carboxylic acids is 1. The minimum Gasteiger partial charge on any atom is -0.492 e. The Hall–Kier alpha value is -2.37. The number of likely N-dealkylation sites (tertiary alicyclic amines) is 1. The van der Waals surface area contributed by atoms with Gasteiger partial charge in [-0.15, -0.1) is 0 Å². The fourth-order valence-corrected chi connectivity index (χ4v) is 3.82. The van der Waals surface area contributed by atoms with Crippen molar-refractivity contribution in [1.29, 1.82) is 0 Å². The fourth-order valence-electron chi connectivity index (χ4n) is 3.82. The van der Waals surface area contributed by atoms with Crippen LogP contribution in [-0.4, -0.2) is 45.3 Å². The van der Waals surface area contributed by atoms with E-state index in [0.717, 1.165) is 42.3 Å². The molecule has 4 rings (SSSR count). The number of benzene rings is 1. The first-order valence-corrected chi connectivity index (χ1v) is 8.54. The molecule has 0 saturated carbocycles. The number of aryl methyl sites for hydroxylation is 2. The van der Waals surface area contributed by atoms with Crippen LogP contribution in [0.15, 0.2) is 24.3 Å². The second-order valence-electron chi connectivity index (χ2n) is 6.63. The second-order valence-corrected chi connectivity index (χ2v) is 6.63. The summed E-state index contributed by atoms with van der Waals surface area (Å²) in [5.41, 5.74) is 1.01. The average Bonchev–Trinajstić information content (AvgIpc) is 3.17. The van der Waals surface area contributed by atoms with E-state index in [2.05, 4.69) is 10.1 Å². The Bertz CT molecular complexity index is 770. The summed E-state index contributed by atoms with van der Waals surface area (Å²) >= 11 is 0. The summed E-state index contributed by atoms with van der Waals surface area (Å²) in [6.45, 7) is 5.83. The number of carbonyl (C=O) groups is 1. The van der Waals surface area contributed by atoms with Gasteiger partial charge in [0.05, 0.1) is 6.04 Å². The average molecular weight is 326 g/mol. The minimum atomic E-state index is -0.182. The van der Waals surface area contributed by atoms with E-state index in [1.54, 1.807) is 0 Å². The van der Waals surface area contributed by atoms with Crippen LogP contribution in [0.2, 0.25) is 0 Å². The lowest BCUT2D eigenvalue weighted by molar-refractivity contribution is -0.134. The molecule has 2 aromatic rings. The van der Waals surface area contributed by atoms with Gasteiger partial charge in [-0.05, 0) is 32.8 Å². The molecule has 0 spiro atoms. The number of para-hydroxylation sites is 1. The van der Waals surface area contributed by atoms with Crippen LogP contribution in [0.3, 0.4) is 0 Å². The molecule has 2 atom stereocenters. The lowest BCUT2D eigenvalue weighted by atomic mass is 9.97. The summed E-state index contributed by atoms with van der Waals surface area (Å²) in [5, 5.41) is 4.50. The third-order valence-corrected chi connectivity index (χ3v) is 4.96. The highest BCUT2D eigenvalue weighted by Gasteiger charge is 2.35. The zero-order valence-corrected chi connectivity index (χ0v) is 14.1. The molecule has 24 heavy (non-hydrogen) atoms. The van der Waals surface area contributed by atoms with E-state index >= 15 is 0 Å². The third-order valence-electron chi connectivity index (χ3n) is 4.96. The van der Waals surface area contributed by atoms with Crippen molar-refractivity contribution < 1.29 is 9.53 Å². The molecule has 1 amide bonds. The Morgan fingerprint density at radius 3 is 2.92 bits per heavy atom. The first-order chi connectivity index (χ1) is 11.6. The molecule has 2 aliphatic rings. The van der Waals surface area contributed by atoms with Gasteiger partial charge in [-0.25, -0.2) is 9.67 Å². The second kappa shape index (κ2) is 5.92. The molecule has 2 aliphatic heterocycles. The molecule has 0 bridgehead atoms. The van der Waals surface area contributed by atoms with E-state index in [0.29, 0.717) is 13.2 Å². The quantitative estimate of drug-likeness (QED) is 0.849. The Balaban J connectivity index is 1.52. The highest BCUT2D eigenvalue weighted by atomic mass is 16.5. The van der Waals surface area contributed by atoms with Gasteiger partial charge in [0.25, 0.3) is 0 Å². The van der Waals surface area contributed by atoms with Crippen LogP contribution in [0, 0.1) is 13.8 Å². The van der Waals surface area contributed by atoms with Crippen LogP contribution in [0.1, 0.15) is 42.0 Å². The molecule has 3 heterocycles. The van der Waals surface area contributed by atoms with Gasteiger partial charge < -0.3 is 9.64 Å². The molecule has 126 valence electrons. The number of aromatic nitrogens is 3. The van der Waals surface area contributed by atoms with Gasteiger partial charge in [0.2, 0.25) is 5.91 Å². The van der Waals surface area contributed by atoms with Crippen LogP contribution in [0.25, 0.3) is 0 Å². The van der Waals surface area contributed by atoms with Crippen molar-refractivity contribution >= 4 is 5.91 Å². The zero-order chi connectivity index (χ0) is 16.7. The normalized spacial score (nSPS) is 23.0. The van der Waals surface area contributed by atoms with Gasteiger partial charge in [0.15, 0.2) is 0 Å². The number of hydrogen-bond donors (Lipinski definition) is 0. The Labute approximate surface area is 141 Å². The van der Waals surface area contributed by atoms with Gasteiger partial charge in [-0.3, -0.25) is 4.79 Å². The molecule has 6 nitrogen and oxygen atoms in total. The lowest BCUT2D eigenvalue weighted by Crippen LogP contribution is -2.43. The number of fused-ring (bicyclic) bond motifs is 1. The SMILES string of the molecule is Cc1nc(C)n([C@@H]2CCCN(C(=O)[C@H]3COc4ccccc43)C2)n1. The van der Waals surface area contributed by atoms with E-state index < -0.39 is 0 Å². The van der Waals surface area contributed by atoms with Crippen LogP contribution in [0.5, 0.6) is 5.75 Å². The maximum atomic E-state index is 13.0. The van der Waals surface area contributed by atoms with Gasteiger partial charge in [-0.2, -0.15) is 5.10 Å². The summed E-state index contributed by atoms with van der Waals surface area (Å²) in [6.07, 6.45) is 2.02. The van der Waals surface area contributed by atoms with E-state index in [4.69, 9.17) is 4.74 Å². The Morgan fingerprint density at radius 2 is 2.12 bits per heavy atom. The number of ether oxygens (including phenoxy) is 1. The molecule has 0 radical (unpaired) electrons. The minimum absolute atomic E-state index is 0.166. The first-order valence-electron chi connectivity index (χ1n) is 8.54. The van der Waals surface area contributed by atoms with Crippen molar-refractivity contribution in [2.45, 2.75) is 38.6 Å². The fraction of sp³-hybridized carbons (Fsp3) is 0.500. The highest BCUT2D eigenvalue weighted by Crippen LogP contribution is 2.35. The molecule has 0 N–H and O–H groups in total. The lowest BCUT2D eigenvalue weighted by Gasteiger charge is -2.34. The van der Waals surface area contributed by atoms with E-state index in [9.17, 15) is 4.79 Å². The molecule has 1 aromatic heterocycles. The van der Waals surface area contributed by atoms with Crippen LogP contribution in [0.4, 0.5) is 0 Å². The largest absolute Gasteiger partial charge is 0.492 e. The third kappa shape index (κ3) is 2.56. The maximum absolute atomic E-state index is 13.0. The van der Waals surface area contributed by atoms with Gasteiger partial charge >= 0.3 is 0 Å². The summed E-state index contributed by atoms with van der Waals surface area (Å²) < 4.78 is 7.66. The Morgan fingerprint density at radius 1 is 1.29 bits per heavy atom. The smallest absolute Gasteiger partial charge is 0.233 e. The first kappa shape index (κ1) is 15.2. The van der Waals surface area contributed by atoms with Crippen molar-refractivity contribution in [2.75, 3.05) is 19.7 Å². The predicted octanol–water partition coefficient (Wildman–Crippen LogP) is 2.23. The molecule has 1 aromatic carbocycles. The maximum Gasteiger partial charge on any atom is 0.233 e. The monoisotopic (exact) mass is 326 g/mol. The molecule has 1 saturated heterocycles. The summed E-state index contributed by atoms with van der Waals surface area (Å²) in [5.74, 6) is 2.53. The standard InChI is InChI=1S/C18H22N4O2/c1-12-19-13(2)22(20-12)14-6-5-9-21(10-14)18(23)16-11-24-17-8-4-3-7-15(16)17/h3-4,7-8,14,16H,5-6,9-11H2,1-2H3/t14-,16+/m1/s1. The van der Waals surface area contributed by atoms with Crippen molar-refractivity contribution in [3.8, 4) is 5.75 Å². The summed E-state index contributed by atoms with van der Waals surface area (Å²) in [6, 6.07) is 8.05. The molecular weight excluding hydrogens is 304 g/mol. The topological polar surface area (TPSA) is 60.2 Å². The van der Waals surface area contributed by atoms with E-state index in [1.807, 2.05) is 47.7 Å². The number of nitrogens with zero attached hydrogens (tertiary/aromatic N) is 4. The molecule has 0 unspecified atom stereocenters. The predicted molar refractivity (Wildman–Crippen MR) is 89.0 cm³/mol. The van der Waals surface area contributed by atoms with E-state index in [-0.39, 0.29) is 17.9 Å². The van der Waals surface area contributed by atoms with E-state index in [1.165, 1.54) is 0 Å². The van der Waals surface area contributed by atoms with Gasteiger partial charge in [-0.1, -0.05) is 18.2 Å². The van der Waals surface area contributed by atoms with Crippen LogP contribution in [-0.2, 0) is 4.79 Å². The van der Waals surface area contributed by atoms with Crippen molar-refractivity contribution in [3.05, 3.63) is 41.5 Å². The molecular formula is C18H22N4O2. The molecule has 1 fully saturated rings. The highest BCUT2D eigenvalue weighted by molar-refractivity contribution is 5.85. The summed E-state index contributed by atoms with van der Waals surface area (Å²) in [4.78, 5) is 19.4. The zero-order valence-electron chi connectivity index (χ0n) is 14.1.